The lowest BCUT2D eigenvalue weighted by atomic mass is 9.86. The van der Waals surface area contributed by atoms with Crippen molar-refractivity contribution in [2.45, 2.75) is 19.0 Å². The van der Waals surface area contributed by atoms with Gasteiger partial charge in [-0.15, -0.1) is 0 Å². The quantitative estimate of drug-likeness (QED) is 0.227. The summed E-state index contributed by atoms with van der Waals surface area (Å²) in [7, 11) is 0. The third-order valence-corrected chi connectivity index (χ3v) is 7.04. The molecule has 180 valence electrons. The molecule has 3 aromatic carbocycles. The molecule has 2 atom stereocenters. The molecule has 1 saturated heterocycles. The van der Waals surface area contributed by atoms with Gasteiger partial charge in [-0.2, -0.15) is 0 Å². The zero-order valence-electron chi connectivity index (χ0n) is 18.6. The van der Waals surface area contributed by atoms with Crippen molar-refractivity contribution in [3.8, 4) is 11.5 Å². The number of β-lactam (4-membered cyclic amide) rings is 1. The number of nitro benzene ring substituents is 1. The van der Waals surface area contributed by atoms with Crippen molar-refractivity contribution in [1.82, 2.24) is 4.90 Å². The SMILES string of the molecule is Cc1ccc(N2C(=O)[C@@H](N3C(=O)c4ccc([N+](=O)[O-])cc4C3=O)[C@@H]2c2ccc3c(c2)OCO3)cc1Cl. The van der Waals surface area contributed by atoms with Gasteiger partial charge in [-0.05, 0) is 48.4 Å². The second-order valence-electron chi connectivity index (χ2n) is 8.61. The number of amides is 3. The Morgan fingerprint density at radius 2 is 1.64 bits per heavy atom. The van der Waals surface area contributed by atoms with Crippen LogP contribution < -0.4 is 14.4 Å². The standard InChI is InChI=1S/C25H16ClN3O7/c1-12-2-4-14(10-18(12)26)27-21(13-3-7-19-20(8-13)36-11-35-19)22(25(27)32)28-23(30)16-6-5-15(29(33)34)9-17(16)24(28)31/h2-10,21-22H,11H2,1H3/t21-,22-/m0/s1. The summed E-state index contributed by atoms with van der Waals surface area (Å²) in [5, 5.41) is 11.7. The molecule has 0 aliphatic carbocycles. The van der Waals surface area contributed by atoms with E-state index in [1.54, 1.807) is 36.4 Å². The number of carbonyl (C=O) groups excluding carboxylic acids is 3. The van der Waals surface area contributed by atoms with Gasteiger partial charge in [0.05, 0.1) is 22.1 Å². The molecule has 0 aromatic heterocycles. The van der Waals surface area contributed by atoms with Crippen LogP contribution in [-0.4, -0.2) is 40.4 Å². The molecule has 0 bridgehead atoms. The van der Waals surface area contributed by atoms with Gasteiger partial charge >= 0.3 is 0 Å². The number of imide groups is 1. The number of fused-ring (bicyclic) bond motifs is 2. The number of non-ortho nitro benzene ring substituents is 1. The van der Waals surface area contributed by atoms with Gasteiger partial charge in [0.15, 0.2) is 11.5 Å². The number of nitrogens with zero attached hydrogens (tertiary/aromatic N) is 3. The minimum absolute atomic E-state index is 0.0136. The number of carbonyl (C=O) groups is 3. The van der Waals surface area contributed by atoms with E-state index in [1.807, 2.05) is 6.92 Å². The lowest BCUT2D eigenvalue weighted by Gasteiger charge is -2.49. The number of rotatable bonds is 4. The molecule has 0 unspecified atom stereocenters. The first-order valence-corrected chi connectivity index (χ1v) is 11.3. The zero-order valence-corrected chi connectivity index (χ0v) is 19.4. The van der Waals surface area contributed by atoms with E-state index in [2.05, 4.69) is 0 Å². The van der Waals surface area contributed by atoms with Gasteiger partial charge < -0.3 is 14.4 Å². The second kappa shape index (κ2) is 7.79. The molecule has 3 aliphatic rings. The van der Waals surface area contributed by atoms with E-state index in [4.69, 9.17) is 21.1 Å². The lowest BCUT2D eigenvalue weighted by Crippen LogP contribution is -2.67. The topological polar surface area (TPSA) is 119 Å². The van der Waals surface area contributed by atoms with Crippen molar-refractivity contribution >= 4 is 40.7 Å². The van der Waals surface area contributed by atoms with Crippen LogP contribution in [0.4, 0.5) is 11.4 Å². The van der Waals surface area contributed by atoms with Gasteiger partial charge in [0.2, 0.25) is 6.79 Å². The van der Waals surface area contributed by atoms with Crippen LogP contribution in [0.2, 0.25) is 5.02 Å². The second-order valence-corrected chi connectivity index (χ2v) is 9.02. The molecule has 36 heavy (non-hydrogen) atoms. The third-order valence-electron chi connectivity index (χ3n) is 6.63. The van der Waals surface area contributed by atoms with Crippen LogP contribution in [0.1, 0.15) is 37.9 Å². The highest BCUT2D eigenvalue weighted by Gasteiger charge is 2.57. The van der Waals surface area contributed by atoms with E-state index in [0.29, 0.717) is 27.8 Å². The van der Waals surface area contributed by atoms with Crippen LogP contribution in [0.15, 0.2) is 54.6 Å². The maximum Gasteiger partial charge on any atom is 0.270 e. The number of hydrogen-bond acceptors (Lipinski definition) is 7. The zero-order chi connectivity index (χ0) is 25.3. The molecule has 1 fully saturated rings. The van der Waals surface area contributed by atoms with E-state index in [0.717, 1.165) is 22.6 Å². The fraction of sp³-hybridized carbons (Fsp3) is 0.160. The number of aryl methyl sites for hydroxylation is 1. The summed E-state index contributed by atoms with van der Waals surface area (Å²) in [5.41, 5.74) is 1.53. The van der Waals surface area contributed by atoms with Gasteiger partial charge in [0, 0.05) is 22.8 Å². The highest BCUT2D eigenvalue weighted by molar-refractivity contribution is 6.32. The van der Waals surface area contributed by atoms with Gasteiger partial charge in [0.1, 0.15) is 6.04 Å². The van der Waals surface area contributed by atoms with Crippen LogP contribution in [0.3, 0.4) is 0 Å². The first kappa shape index (κ1) is 22.1. The van der Waals surface area contributed by atoms with E-state index in [-0.39, 0.29) is 23.6 Å². The first-order valence-electron chi connectivity index (χ1n) is 10.9. The summed E-state index contributed by atoms with van der Waals surface area (Å²) in [4.78, 5) is 53.1. The normalized spacial score (nSPS) is 20.0. The van der Waals surface area contributed by atoms with Crippen molar-refractivity contribution in [2.75, 3.05) is 11.7 Å². The summed E-state index contributed by atoms with van der Waals surface area (Å²) in [5.74, 6) is -0.911. The molecule has 0 spiro atoms. The fourth-order valence-corrected chi connectivity index (χ4v) is 4.96. The third kappa shape index (κ3) is 3.07. The molecule has 11 heteroatoms. The number of anilines is 1. The molecule has 3 amide bonds. The maximum absolute atomic E-state index is 13.6. The Morgan fingerprint density at radius 1 is 0.889 bits per heavy atom. The summed E-state index contributed by atoms with van der Waals surface area (Å²) >= 11 is 6.32. The number of hydrogen-bond donors (Lipinski definition) is 0. The average Bonchev–Trinajstić information content (AvgIpc) is 3.42. The number of halogens is 1. The maximum atomic E-state index is 13.6. The van der Waals surface area contributed by atoms with Gasteiger partial charge in [-0.1, -0.05) is 23.7 Å². The highest BCUT2D eigenvalue weighted by Crippen LogP contribution is 2.47. The predicted octanol–water partition coefficient (Wildman–Crippen LogP) is 4.04. The molecule has 0 radical (unpaired) electrons. The molecule has 10 nitrogen and oxygen atoms in total. The molecule has 3 heterocycles. The van der Waals surface area contributed by atoms with Crippen LogP contribution in [-0.2, 0) is 4.79 Å². The largest absolute Gasteiger partial charge is 0.454 e. The van der Waals surface area contributed by atoms with Crippen LogP contribution in [0.25, 0.3) is 0 Å². The first-order chi connectivity index (χ1) is 17.3. The molecule has 0 N–H and O–H groups in total. The van der Waals surface area contributed by atoms with Crippen LogP contribution >= 0.6 is 11.6 Å². The van der Waals surface area contributed by atoms with Crippen LogP contribution in [0.5, 0.6) is 11.5 Å². The fourth-order valence-electron chi connectivity index (χ4n) is 4.79. The van der Waals surface area contributed by atoms with E-state index < -0.39 is 34.7 Å². The molecule has 3 aromatic rings. The Balaban J connectivity index is 1.44. The summed E-state index contributed by atoms with van der Waals surface area (Å²) < 4.78 is 10.9. The summed E-state index contributed by atoms with van der Waals surface area (Å²) in [6, 6.07) is 11.8. The molecule has 6 rings (SSSR count). The lowest BCUT2D eigenvalue weighted by molar-refractivity contribution is -0.384. The Bertz CT molecular complexity index is 1520. The Labute approximate surface area is 208 Å². The average molecular weight is 506 g/mol. The van der Waals surface area contributed by atoms with Crippen molar-refractivity contribution in [2.24, 2.45) is 0 Å². The van der Waals surface area contributed by atoms with E-state index in [1.165, 1.54) is 11.0 Å². The van der Waals surface area contributed by atoms with E-state index in [9.17, 15) is 24.5 Å². The molecule has 3 aliphatic heterocycles. The number of benzene rings is 3. The van der Waals surface area contributed by atoms with Crippen molar-refractivity contribution in [1.29, 1.82) is 0 Å². The van der Waals surface area contributed by atoms with Gasteiger partial charge in [-0.25, -0.2) is 0 Å². The molecule has 0 saturated carbocycles. The van der Waals surface area contributed by atoms with Crippen molar-refractivity contribution in [3.05, 3.63) is 92.0 Å². The smallest absolute Gasteiger partial charge is 0.270 e. The minimum Gasteiger partial charge on any atom is -0.454 e. The summed E-state index contributed by atoms with van der Waals surface area (Å²) in [6.45, 7) is 1.89. The van der Waals surface area contributed by atoms with Crippen molar-refractivity contribution in [3.63, 3.8) is 0 Å². The summed E-state index contributed by atoms with van der Waals surface area (Å²) in [6.07, 6.45) is 0. The molecular formula is C25H16ClN3O7. The number of nitro groups is 1. The van der Waals surface area contributed by atoms with Crippen molar-refractivity contribution < 1.29 is 28.8 Å². The number of ether oxygens (including phenoxy) is 2. The van der Waals surface area contributed by atoms with Gasteiger partial charge in [0.25, 0.3) is 23.4 Å². The Kier molecular flexibility index (Phi) is 4.77. The minimum atomic E-state index is -1.17. The Hall–Kier alpha value is -4.44. The van der Waals surface area contributed by atoms with Gasteiger partial charge in [-0.3, -0.25) is 29.4 Å². The molecular weight excluding hydrogens is 490 g/mol. The highest BCUT2D eigenvalue weighted by atomic mass is 35.5. The monoisotopic (exact) mass is 505 g/mol. The Morgan fingerprint density at radius 3 is 2.39 bits per heavy atom. The van der Waals surface area contributed by atoms with E-state index >= 15 is 0 Å². The van der Waals surface area contributed by atoms with Crippen LogP contribution in [0, 0.1) is 17.0 Å². The predicted molar refractivity (Wildman–Crippen MR) is 126 cm³/mol.